The molecule has 4 N–H and O–H groups in total. The lowest BCUT2D eigenvalue weighted by Gasteiger charge is -1.89. The smallest absolute Gasteiger partial charge is 0.384 e. The fourth-order valence-electron chi connectivity index (χ4n) is 0.388. The molecule has 1 rings (SSSR count). The number of anilines is 2. The number of hydrogen-bond acceptors (Lipinski definition) is 4. The molecule has 0 radical (unpaired) electrons. The summed E-state index contributed by atoms with van der Waals surface area (Å²) in [4.78, 5) is 7.24. The predicted molar refractivity (Wildman–Crippen MR) is 32.0 cm³/mol. The summed E-state index contributed by atoms with van der Waals surface area (Å²) in [7, 11) is 0. The minimum Gasteiger partial charge on any atom is -0.384 e. The van der Waals surface area contributed by atoms with Gasteiger partial charge >= 0.3 is 1.43 Å². The van der Waals surface area contributed by atoms with E-state index in [1.54, 1.807) is 6.07 Å². The van der Waals surface area contributed by atoms with Crippen molar-refractivity contribution in [1.82, 2.24) is 9.97 Å². The first-order valence-corrected chi connectivity index (χ1v) is 2.13. The number of aromatic nitrogens is 2. The highest BCUT2D eigenvalue weighted by Crippen LogP contribution is 1.94. The van der Waals surface area contributed by atoms with Crippen LogP contribution < -0.4 is 11.5 Å². The maximum absolute atomic E-state index is 5.23. The second kappa shape index (κ2) is 1.65. The van der Waals surface area contributed by atoms with Crippen LogP contribution in [0.2, 0.25) is 0 Å². The Kier molecular flexibility index (Phi) is 0.997. The van der Waals surface area contributed by atoms with Crippen LogP contribution in [0.25, 0.3) is 0 Å². The number of nitrogen functional groups attached to an aromatic ring is 2. The van der Waals surface area contributed by atoms with Crippen LogP contribution in [-0.4, -0.2) is 9.97 Å². The number of rotatable bonds is 0. The molecule has 0 aliphatic rings. The van der Waals surface area contributed by atoms with Gasteiger partial charge in [-0.25, -0.2) is 4.98 Å². The summed E-state index contributed by atoms with van der Waals surface area (Å²) in [5, 5.41) is 0. The van der Waals surface area contributed by atoms with Crippen LogP contribution in [0.4, 0.5) is 11.8 Å². The third kappa shape index (κ3) is 0.841. The van der Waals surface area contributed by atoms with Crippen molar-refractivity contribution < 1.29 is 1.43 Å². The summed E-state index contributed by atoms with van der Waals surface area (Å²) in [5.41, 5.74) is 10.4. The molecule has 4 nitrogen and oxygen atoms in total. The maximum atomic E-state index is 5.23. The zero-order chi connectivity index (χ0) is 5.98. The summed E-state index contributed by atoms with van der Waals surface area (Å²) in [6, 6.07) is 1.58. The molecule has 0 saturated carbocycles. The van der Waals surface area contributed by atoms with E-state index in [1.807, 2.05) is 0 Å². The lowest BCUT2D eigenvalue weighted by Crippen LogP contribution is -1.96. The van der Waals surface area contributed by atoms with Crippen molar-refractivity contribution in [3.05, 3.63) is 12.3 Å². The van der Waals surface area contributed by atoms with Crippen molar-refractivity contribution >= 4 is 11.8 Å². The van der Waals surface area contributed by atoms with Gasteiger partial charge in [0.15, 0.2) is 0 Å². The topological polar surface area (TPSA) is 77.8 Å². The predicted octanol–water partition coefficient (Wildman–Crippen LogP) is -0.247. The first-order valence-electron chi connectivity index (χ1n) is 2.13. The van der Waals surface area contributed by atoms with Crippen LogP contribution in [0, 0.1) is 0 Å². The molecule has 8 heavy (non-hydrogen) atoms. The SMILES string of the molecule is Nc1ccnc(N)n1.[H+]. The van der Waals surface area contributed by atoms with Gasteiger partial charge in [0.25, 0.3) is 0 Å². The molecule has 0 spiro atoms. The molecule has 1 heterocycles. The molecule has 0 fully saturated rings. The number of hydrogen-bond donors (Lipinski definition) is 2. The van der Waals surface area contributed by atoms with Gasteiger partial charge in [-0.05, 0) is 6.07 Å². The van der Waals surface area contributed by atoms with Crippen LogP contribution >= 0.6 is 0 Å². The third-order valence-corrected chi connectivity index (χ3v) is 0.696. The Morgan fingerprint density at radius 1 is 1.50 bits per heavy atom. The molecule has 0 aromatic carbocycles. The van der Waals surface area contributed by atoms with E-state index >= 15 is 0 Å². The average molecular weight is 111 g/mol. The van der Waals surface area contributed by atoms with Crippen LogP contribution in [-0.2, 0) is 0 Å². The third-order valence-electron chi connectivity index (χ3n) is 0.696. The molecule has 0 amide bonds. The Bertz CT molecular complexity index is 172. The van der Waals surface area contributed by atoms with Gasteiger partial charge in [0.05, 0.1) is 0 Å². The molecule has 0 atom stereocenters. The molecule has 0 saturated heterocycles. The van der Waals surface area contributed by atoms with Crippen LogP contribution in [0.3, 0.4) is 0 Å². The van der Waals surface area contributed by atoms with Crippen molar-refractivity contribution in [3.8, 4) is 0 Å². The van der Waals surface area contributed by atoms with Crippen LogP contribution in [0.5, 0.6) is 0 Å². The zero-order valence-corrected chi connectivity index (χ0v) is 4.20. The quantitative estimate of drug-likeness (QED) is 0.484. The highest BCUT2D eigenvalue weighted by atomic mass is 15.0. The van der Waals surface area contributed by atoms with E-state index in [0.29, 0.717) is 5.82 Å². The number of nitrogens with two attached hydrogens (primary N) is 2. The standard InChI is InChI=1S/C4H6N4/c5-3-1-2-7-4(6)8-3/h1-2H,(H4,5,6,7,8)/p+1. The molecule has 0 aliphatic heterocycles. The normalized spacial score (nSPS) is 9.00. The number of nitrogens with zero attached hydrogens (tertiary/aromatic N) is 2. The minimum atomic E-state index is 0. The van der Waals surface area contributed by atoms with E-state index in [0.717, 1.165) is 0 Å². The molecular formula is C4H7N4+. The van der Waals surface area contributed by atoms with Gasteiger partial charge < -0.3 is 11.5 Å². The monoisotopic (exact) mass is 111 g/mol. The first-order chi connectivity index (χ1) is 3.79. The molecule has 42 valence electrons. The van der Waals surface area contributed by atoms with Gasteiger partial charge in [-0.1, -0.05) is 0 Å². The van der Waals surface area contributed by atoms with Crippen molar-refractivity contribution in [3.63, 3.8) is 0 Å². The molecular weight excluding hydrogens is 104 g/mol. The van der Waals surface area contributed by atoms with E-state index < -0.39 is 0 Å². The van der Waals surface area contributed by atoms with Crippen molar-refractivity contribution in [2.75, 3.05) is 11.5 Å². The lowest BCUT2D eigenvalue weighted by atomic mass is 10.6. The van der Waals surface area contributed by atoms with Gasteiger partial charge in [0.2, 0.25) is 5.95 Å². The Balaban J connectivity index is 0.000000640. The highest BCUT2D eigenvalue weighted by molar-refractivity contribution is 5.31. The minimum absolute atomic E-state index is 0. The van der Waals surface area contributed by atoms with Gasteiger partial charge in [0.1, 0.15) is 5.82 Å². The summed E-state index contributed by atoms with van der Waals surface area (Å²) < 4.78 is 0. The Hall–Kier alpha value is -1.32. The summed E-state index contributed by atoms with van der Waals surface area (Å²) in [6.45, 7) is 0. The van der Waals surface area contributed by atoms with Crippen molar-refractivity contribution in [2.45, 2.75) is 0 Å². The first kappa shape index (κ1) is 4.83. The van der Waals surface area contributed by atoms with Crippen LogP contribution in [0.1, 0.15) is 1.43 Å². The average Bonchev–Trinajstić information content (AvgIpc) is 1.64. The fraction of sp³-hybridized carbons (Fsp3) is 0. The van der Waals surface area contributed by atoms with E-state index in [9.17, 15) is 0 Å². The molecule has 1 aromatic rings. The van der Waals surface area contributed by atoms with Crippen LogP contribution in [0.15, 0.2) is 12.3 Å². The van der Waals surface area contributed by atoms with Gasteiger partial charge in [-0.2, -0.15) is 4.98 Å². The lowest BCUT2D eigenvalue weighted by molar-refractivity contribution is 1.19. The van der Waals surface area contributed by atoms with Gasteiger partial charge in [0, 0.05) is 6.20 Å². The van der Waals surface area contributed by atoms with E-state index in [-0.39, 0.29) is 7.37 Å². The van der Waals surface area contributed by atoms with E-state index in [1.165, 1.54) is 6.20 Å². The Labute approximate surface area is 48.0 Å². The van der Waals surface area contributed by atoms with E-state index in [2.05, 4.69) is 9.97 Å². The van der Waals surface area contributed by atoms with E-state index in [4.69, 9.17) is 11.5 Å². The van der Waals surface area contributed by atoms with Gasteiger partial charge in [-0.3, -0.25) is 0 Å². The molecule has 4 heteroatoms. The summed E-state index contributed by atoms with van der Waals surface area (Å²) in [5.74, 6) is 0.613. The highest BCUT2D eigenvalue weighted by Gasteiger charge is 1.84. The Morgan fingerprint density at radius 2 is 2.25 bits per heavy atom. The molecule has 0 aliphatic carbocycles. The summed E-state index contributed by atoms with van der Waals surface area (Å²) >= 11 is 0. The van der Waals surface area contributed by atoms with Gasteiger partial charge in [-0.15, -0.1) is 0 Å². The zero-order valence-electron chi connectivity index (χ0n) is 5.20. The molecule has 0 bridgehead atoms. The van der Waals surface area contributed by atoms with Crippen molar-refractivity contribution in [2.24, 2.45) is 0 Å². The fourth-order valence-corrected chi connectivity index (χ4v) is 0.388. The maximum Gasteiger partial charge on any atom is 1.00 e. The Morgan fingerprint density at radius 3 is 2.62 bits per heavy atom. The summed E-state index contributed by atoms with van der Waals surface area (Å²) in [6.07, 6.45) is 1.51. The largest absolute Gasteiger partial charge is 1.00 e. The van der Waals surface area contributed by atoms with Crippen molar-refractivity contribution in [1.29, 1.82) is 0 Å². The second-order valence-corrected chi connectivity index (χ2v) is 1.34. The second-order valence-electron chi connectivity index (χ2n) is 1.34. The molecule has 0 unspecified atom stereocenters. The molecule has 1 aromatic heterocycles.